The second-order valence-corrected chi connectivity index (χ2v) is 5.89. The summed E-state index contributed by atoms with van der Waals surface area (Å²) in [5.41, 5.74) is 0. The van der Waals surface area contributed by atoms with Gasteiger partial charge in [-0.2, -0.15) is 0 Å². The Balaban J connectivity index is 2.44. The van der Waals surface area contributed by atoms with Gasteiger partial charge in [-0.25, -0.2) is 0 Å². The van der Waals surface area contributed by atoms with E-state index in [-0.39, 0.29) is 0 Å². The van der Waals surface area contributed by atoms with Crippen molar-refractivity contribution in [3.05, 3.63) is 30.3 Å². The first kappa shape index (κ1) is 13.6. The zero-order chi connectivity index (χ0) is 12.0. The molecule has 0 fully saturated rings. The number of hydrogen-bond acceptors (Lipinski definition) is 2. The normalized spacial score (nSPS) is 13.4. The van der Waals surface area contributed by atoms with Crippen LogP contribution in [0.3, 0.4) is 0 Å². The van der Waals surface area contributed by atoms with Gasteiger partial charge < -0.3 is 5.32 Å². The van der Waals surface area contributed by atoms with E-state index in [9.17, 15) is 0 Å². The monoisotopic (exact) mass is 237 g/mol. The Kier molecular flexibility index (Phi) is 5.93. The smallest absolute Gasteiger partial charge is 0.0187 e. The van der Waals surface area contributed by atoms with E-state index in [0.29, 0.717) is 18.0 Å². The molecule has 0 amide bonds. The van der Waals surface area contributed by atoms with Gasteiger partial charge in [-0.1, -0.05) is 45.9 Å². The van der Waals surface area contributed by atoms with E-state index < -0.39 is 0 Å². The van der Waals surface area contributed by atoms with Gasteiger partial charge in [0.2, 0.25) is 0 Å². The first-order valence-corrected chi connectivity index (χ1v) is 7.02. The Morgan fingerprint density at radius 1 is 1.06 bits per heavy atom. The Morgan fingerprint density at radius 2 is 1.69 bits per heavy atom. The summed E-state index contributed by atoms with van der Waals surface area (Å²) in [5, 5.41) is 3.63. The molecule has 1 atom stereocenters. The molecule has 0 aromatic heterocycles. The fraction of sp³-hybridized carbons (Fsp3) is 0.571. The van der Waals surface area contributed by atoms with Crippen LogP contribution in [0, 0.1) is 5.92 Å². The van der Waals surface area contributed by atoms with Crippen LogP contribution in [0.5, 0.6) is 0 Å². The van der Waals surface area contributed by atoms with Crippen LogP contribution in [0.1, 0.15) is 27.7 Å². The molecule has 1 rings (SSSR count). The zero-order valence-electron chi connectivity index (χ0n) is 10.7. The highest BCUT2D eigenvalue weighted by atomic mass is 32.2. The summed E-state index contributed by atoms with van der Waals surface area (Å²) in [4.78, 5) is 1.36. The summed E-state index contributed by atoms with van der Waals surface area (Å²) >= 11 is 1.94. The lowest BCUT2D eigenvalue weighted by Gasteiger charge is -2.24. The van der Waals surface area contributed by atoms with Crippen LogP contribution in [0.2, 0.25) is 0 Å². The highest BCUT2D eigenvalue weighted by Crippen LogP contribution is 2.20. The fourth-order valence-corrected chi connectivity index (χ4v) is 2.77. The van der Waals surface area contributed by atoms with Crippen molar-refractivity contribution >= 4 is 11.8 Å². The average Bonchev–Trinajstić information content (AvgIpc) is 2.25. The van der Waals surface area contributed by atoms with E-state index >= 15 is 0 Å². The molecular weight excluding hydrogens is 214 g/mol. The van der Waals surface area contributed by atoms with Crippen molar-refractivity contribution in [1.29, 1.82) is 0 Å². The van der Waals surface area contributed by atoms with Crippen LogP contribution in [-0.4, -0.2) is 17.8 Å². The largest absolute Gasteiger partial charge is 0.311 e. The Hall–Kier alpha value is -0.470. The van der Waals surface area contributed by atoms with Crippen LogP contribution in [-0.2, 0) is 0 Å². The zero-order valence-corrected chi connectivity index (χ0v) is 11.6. The Bertz CT molecular complexity index is 282. The summed E-state index contributed by atoms with van der Waals surface area (Å²) in [6.45, 7) is 8.99. The molecule has 0 spiro atoms. The lowest BCUT2D eigenvalue weighted by atomic mass is 10.1. The van der Waals surface area contributed by atoms with Gasteiger partial charge in [-0.15, -0.1) is 11.8 Å². The van der Waals surface area contributed by atoms with Crippen molar-refractivity contribution < 1.29 is 0 Å². The third kappa shape index (κ3) is 5.04. The fourth-order valence-electron chi connectivity index (χ4n) is 1.56. The molecule has 0 radical (unpaired) electrons. The first-order valence-electron chi connectivity index (χ1n) is 6.03. The summed E-state index contributed by atoms with van der Waals surface area (Å²) in [5.74, 6) is 1.82. The van der Waals surface area contributed by atoms with E-state index in [4.69, 9.17) is 0 Å². The summed E-state index contributed by atoms with van der Waals surface area (Å²) in [6.07, 6.45) is 0. The molecule has 0 bridgehead atoms. The topological polar surface area (TPSA) is 12.0 Å². The lowest BCUT2D eigenvalue weighted by Crippen LogP contribution is -2.40. The SMILES string of the molecule is CC(C)N[C@H](CSc1ccccc1)C(C)C. The van der Waals surface area contributed by atoms with Crippen LogP contribution in [0.25, 0.3) is 0 Å². The van der Waals surface area contributed by atoms with E-state index in [1.807, 2.05) is 11.8 Å². The van der Waals surface area contributed by atoms with Crippen molar-refractivity contribution in [3.63, 3.8) is 0 Å². The molecule has 1 aromatic rings. The van der Waals surface area contributed by atoms with E-state index in [1.54, 1.807) is 0 Å². The number of thioether (sulfide) groups is 1. The minimum Gasteiger partial charge on any atom is -0.311 e. The van der Waals surface area contributed by atoms with Crippen molar-refractivity contribution in [2.75, 3.05) is 5.75 Å². The molecule has 0 unspecified atom stereocenters. The molecule has 0 heterocycles. The number of nitrogens with one attached hydrogen (secondary N) is 1. The average molecular weight is 237 g/mol. The number of benzene rings is 1. The standard InChI is InChI=1S/C14H23NS/c1-11(2)14(15-12(3)4)10-16-13-8-6-5-7-9-13/h5-9,11-12,14-15H,10H2,1-4H3/t14-/m1/s1. The van der Waals surface area contributed by atoms with Crippen LogP contribution in [0.4, 0.5) is 0 Å². The number of rotatable bonds is 6. The van der Waals surface area contributed by atoms with Gasteiger partial charge in [0.15, 0.2) is 0 Å². The summed E-state index contributed by atoms with van der Waals surface area (Å²) in [7, 11) is 0. The van der Waals surface area contributed by atoms with Crippen LogP contribution < -0.4 is 5.32 Å². The third-order valence-electron chi connectivity index (χ3n) is 2.52. The predicted molar refractivity (Wildman–Crippen MR) is 74.1 cm³/mol. The van der Waals surface area contributed by atoms with Gasteiger partial charge in [-0.05, 0) is 18.1 Å². The molecule has 0 saturated heterocycles. The maximum absolute atomic E-state index is 3.63. The van der Waals surface area contributed by atoms with Gasteiger partial charge in [-0.3, -0.25) is 0 Å². The maximum atomic E-state index is 3.63. The molecule has 0 aliphatic carbocycles. The van der Waals surface area contributed by atoms with Crippen molar-refractivity contribution in [1.82, 2.24) is 5.32 Å². The van der Waals surface area contributed by atoms with Gasteiger partial charge >= 0.3 is 0 Å². The Labute approximate surface area is 104 Å². The van der Waals surface area contributed by atoms with E-state index in [1.165, 1.54) is 4.90 Å². The quantitative estimate of drug-likeness (QED) is 0.755. The van der Waals surface area contributed by atoms with Crippen LogP contribution in [0.15, 0.2) is 35.2 Å². The van der Waals surface area contributed by atoms with Crippen molar-refractivity contribution in [2.45, 2.75) is 44.7 Å². The molecule has 0 aliphatic heterocycles. The second kappa shape index (κ2) is 6.97. The molecule has 16 heavy (non-hydrogen) atoms. The Morgan fingerprint density at radius 3 is 2.19 bits per heavy atom. The summed E-state index contributed by atoms with van der Waals surface area (Å²) in [6, 6.07) is 11.8. The molecule has 90 valence electrons. The molecule has 1 nitrogen and oxygen atoms in total. The highest BCUT2D eigenvalue weighted by molar-refractivity contribution is 7.99. The molecule has 0 aliphatic rings. The third-order valence-corrected chi connectivity index (χ3v) is 3.66. The maximum Gasteiger partial charge on any atom is 0.0187 e. The molecule has 1 aromatic carbocycles. The van der Waals surface area contributed by atoms with E-state index in [0.717, 1.165) is 5.75 Å². The molecule has 0 saturated carbocycles. The van der Waals surface area contributed by atoms with Gasteiger partial charge in [0.05, 0.1) is 0 Å². The highest BCUT2D eigenvalue weighted by Gasteiger charge is 2.14. The minimum atomic E-state index is 0.559. The predicted octanol–water partition coefficient (Wildman–Crippen LogP) is 3.80. The van der Waals surface area contributed by atoms with Gasteiger partial charge in [0.1, 0.15) is 0 Å². The number of hydrogen-bond donors (Lipinski definition) is 1. The van der Waals surface area contributed by atoms with Crippen molar-refractivity contribution in [2.24, 2.45) is 5.92 Å². The molecule has 2 heteroatoms. The molecule has 1 N–H and O–H groups in total. The summed E-state index contributed by atoms with van der Waals surface area (Å²) < 4.78 is 0. The van der Waals surface area contributed by atoms with E-state index in [2.05, 4.69) is 63.3 Å². The van der Waals surface area contributed by atoms with Gasteiger partial charge in [0, 0.05) is 22.7 Å². The first-order chi connectivity index (χ1) is 7.59. The molecular formula is C14H23NS. The second-order valence-electron chi connectivity index (χ2n) is 4.80. The lowest BCUT2D eigenvalue weighted by molar-refractivity contribution is 0.401. The van der Waals surface area contributed by atoms with Crippen LogP contribution >= 0.6 is 11.8 Å². The van der Waals surface area contributed by atoms with Crippen molar-refractivity contribution in [3.8, 4) is 0 Å². The van der Waals surface area contributed by atoms with Gasteiger partial charge in [0.25, 0.3) is 0 Å². The minimum absolute atomic E-state index is 0.559.